The molecule has 9 heteroatoms. The third-order valence-corrected chi connectivity index (χ3v) is 4.38. The van der Waals surface area contributed by atoms with E-state index in [4.69, 9.17) is 5.73 Å². The van der Waals surface area contributed by atoms with Gasteiger partial charge in [-0.15, -0.1) is 0 Å². The van der Waals surface area contributed by atoms with Crippen molar-refractivity contribution in [2.75, 3.05) is 22.8 Å². The van der Waals surface area contributed by atoms with Crippen molar-refractivity contribution < 1.29 is 13.2 Å². The minimum absolute atomic E-state index is 0.00846. The van der Waals surface area contributed by atoms with E-state index in [0.717, 1.165) is 0 Å². The minimum atomic E-state index is -3.33. The molecule has 1 aromatic carbocycles. The predicted octanol–water partition coefficient (Wildman–Crippen LogP) is 0.979. The van der Waals surface area contributed by atoms with Gasteiger partial charge in [0.05, 0.1) is 5.75 Å². The molecule has 0 atom stereocenters. The molecule has 0 radical (unpaired) electrons. The maximum atomic E-state index is 11.6. The predicted molar refractivity (Wildman–Crippen MR) is 85.2 cm³/mol. The van der Waals surface area contributed by atoms with E-state index in [9.17, 15) is 13.2 Å². The van der Waals surface area contributed by atoms with Crippen LogP contribution in [0.1, 0.15) is 17.3 Å². The number of carbonyl (C=O) groups excluding carboxylic acids is 1. The van der Waals surface area contributed by atoms with Crippen LogP contribution in [-0.4, -0.2) is 37.3 Å². The summed E-state index contributed by atoms with van der Waals surface area (Å²) in [6, 6.07) is 6.52. The molecule has 2 rings (SSSR count). The highest BCUT2D eigenvalue weighted by molar-refractivity contribution is 7.92. The molecule has 0 aliphatic heterocycles. The Balaban J connectivity index is 2.36. The van der Waals surface area contributed by atoms with E-state index in [2.05, 4.69) is 20.2 Å². The summed E-state index contributed by atoms with van der Waals surface area (Å²) in [5, 5.41) is 9.57. The van der Waals surface area contributed by atoms with Gasteiger partial charge in [-0.05, 0) is 19.1 Å². The summed E-state index contributed by atoms with van der Waals surface area (Å²) in [4.78, 5) is 11.6. The van der Waals surface area contributed by atoms with Gasteiger partial charge in [0.2, 0.25) is 10.0 Å². The van der Waals surface area contributed by atoms with Crippen LogP contribution in [-0.2, 0) is 10.0 Å². The van der Waals surface area contributed by atoms with Crippen LogP contribution in [0, 0.1) is 0 Å². The van der Waals surface area contributed by atoms with Gasteiger partial charge >= 0.3 is 0 Å². The molecule has 8 nitrogen and oxygen atoms in total. The van der Waals surface area contributed by atoms with Crippen LogP contribution in [0.5, 0.6) is 0 Å². The Kier molecular flexibility index (Phi) is 4.36. The second-order valence-electron chi connectivity index (χ2n) is 4.52. The molecular formula is C13H17N5O3S. The number of aromatic amines is 1. The molecular weight excluding hydrogens is 306 g/mol. The number of hydrogen-bond acceptors (Lipinski definition) is 5. The van der Waals surface area contributed by atoms with Crippen LogP contribution in [0.4, 0.5) is 11.5 Å². The Labute approximate surface area is 128 Å². The lowest BCUT2D eigenvalue weighted by Crippen LogP contribution is -2.14. The van der Waals surface area contributed by atoms with E-state index in [1.165, 1.54) is 0 Å². The molecule has 0 unspecified atom stereocenters. The summed E-state index contributed by atoms with van der Waals surface area (Å²) >= 11 is 0. The van der Waals surface area contributed by atoms with E-state index in [1.54, 1.807) is 38.2 Å². The number of primary amides is 1. The third kappa shape index (κ3) is 3.19. The van der Waals surface area contributed by atoms with Crippen molar-refractivity contribution in [3.63, 3.8) is 0 Å². The molecule has 5 N–H and O–H groups in total. The third-order valence-electron chi connectivity index (χ3n) is 3.07. The molecule has 0 spiro atoms. The lowest BCUT2D eigenvalue weighted by atomic mass is 10.1. The summed E-state index contributed by atoms with van der Waals surface area (Å²) < 4.78 is 25.5. The molecule has 0 aliphatic rings. The molecule has 0 saturated carbocycles. The monoisotopic (exact) mass is 323 g/mol. The number of nitrogens with two attached hydrogens (primary N) is 1. The van der Waals surface area contributed by atoms with E-state index >= 15 is 0 Å². The van der Waals surface area contributed by atoms with Crippen LogP contribution in [0.15, 0.2) is 24.3 Å². The van der Waals surface area contributed by atoms with Gasteiger partial charge < -0.3 is 11.1 Å². The number of benzene rings is 1. The second-order valence-corrected chi connectivity index (χ2v) is 6.53. The van der Waals surface area contributed by atoms with Crippen molar-refractivity contribution in [3.05, 3.63) is 29.8 Å². The summed E-state index contributed by atoms with van der Waals surface area (Å²) in [7, 11) is -1.68. The Morgan fingerprint density at radius 2 is 1.95 bits per heavy atom. The Bertz CT molecular complexity index is 781. The summed E-state index contributed by atoms with van der Waals surface area (Å²) in [6.07, 6.45) is 0. The van der Waals surface area contributed by atoms with Gasteiger partial charge in [-0.3, -0.25) is 14.6 Å². The number of sulfonamides is 1. The fourth-order valence-electron chi connectivity index (χ4n) is 1.92. The van der Waals surface area contributed by atoms with Crippen LogP contribution >= 0.6 is 0 Å². The van der Waals surface area contributed by atoms with Crippen LogP contribution < -0.4 is 15.8 Å². The molecule has 1 amide bonds. The van der Waals surface area contributed by atoms with E-state index in [0.29, 0.717) is 22.8 Å². The zero-order chi connectivity index (χ0) is 16.3. The quantitative estimate of drug-likeness (QED) is 0.629. The molecule has 118 valence electrons. The van der Waals surface area contributed by atoms with E-state index < -0.39 is 15.9 Å². The number of nitrogens with one attached hydrogen (secondary N) is 3. The second kappa shape index (κ2) is 6.06. The number of amides is 1. The van der Waals surface area contributed by atoms with Gasteiger partial charge in [0.25, 0.3) is 5.91 Å². The molecule has 0 saturated heterocycles. The summed E-state index contributed by atoms with van der Waals surface area (Å²) in [5.41, 5.74) is 7.12. The van der Waals surface area contributed by atoms with Crippen LogP contribution in [0.25, 0.3) is 11.3 Å². The molecule has 0 aliphatic carbocycles. The molecule has 22 heavy (non-hydrogen) atoms. The van der Waals surface area contributed by atoms with Crippen molar-refractivity contribution in [3.8, 4) is 11.3 Å². The van der Waals surface area contributed by atoms with E-state index in [-0.39, 0.29) is 11.3 Å². The molecule has 2 aromatic rings. The molecule has 1 aromatic heterocycles. The normalized spacial score (nSPS) is 11.2. The van der Waals surface area contributed by atoms with Crippen molar-refractivity contribution in [2.45, 2.75) is 6.92 Å². The fourth-order valence-corrected chi connectivity index (χ4v) is 2.56. The number of aromatic nitrogens is 2. The number of rotatable bonds is 6. The number of hydrogen-bond donors (Lipinski definition) is 4. The molecule has 0 bridgehead atoms. The van der Waals surface area contributed by atoms with Crippen LogP contribution in [0.3, 0.4) is 0 Å². The Morgan fingerprint density at radius 3 is 2.45 bits per heavy atom. The van der Waals surface area contributed by atoms with Crippen molar-refractivity contribution in [1.29, 1.82) is 0 Å². The lowest BCUT2D eigenvalue weighted by molar-refractivity contribution is 0.100. The number of H-pyrrole nitrogens is 1. The number of carbonyl (C=O) groups is 1. The highest BCUT2D eigenvalue weighted by Crippen LogP contribution is 2.27. The highest BCUT2D eigenvalue weighted by atomic mass is 32.2. The van der Waals surface area contributed by atoms with Gasteiger partial charge in [-0.25, -0.2) is 8.42 Å². The average molecular weight is 323 g/mol. The zero-order valence-corrected chi connectivity index (χ0v) is 13.0. The number of nitrogens with zero attached hydrogens (tertiary/aromatic N) is 1. The van der Waals surface area contributed by atoms with Crippen molar-refractivity contribution in [1.82, 2.24) is 10.2 Å². The first-order valence-electron chi connectivity index (χ1n) is 6.54. The largest absolute Gasteiger partial charge is 0.373 e. The van der Waals surface area contributed by atoms with Crippen molar-refractivity contribution >= 4 is 27.4 Å². The topological polar surface area (TPSA) is 130 Å². The van der Waals surface area contributed by atoms with Gasteiger partial charge in [0, 0.05) is 18.3 Å². The maximum absolute atomic E-state index is 11.6. The standard InChI is InChI=1S/C13H17N5O3S/c1-3-22(20,21)18-9-6-4-8(5-7-9)11-10(12(14)19)13(15-2)17-16-11/h4-7,18H,3H2,1-2H3,(H2,14,19)(H2,15,16,17). The fraction of sp³-hybridized carbons (Fsp3) is 0.231. The Morgan fingerprint density at radius 1 is 1.32 bits per heavy atom. The summed E-state index contributed by atoms with van der Waals surface area (Å²) in [5.74, 6) is -0.187. The van der Waals surface area contributed by atoms with Gasteiger partial charge in [-0.2, -0.15) is 5.10 Å². The maximum Gasteiger partial charge on any atom is 0.254 e. The van der Waals surface area contributed by atoms with Gasteiger partial charge in [0.15, 0.2) is 0 Å². The zero-order valence-electron chi connectivity index (χ0n) is 12.2. The first kappa shape index (κ1) is 15.8. The molecule has 0 fully saturated rings. The first-order valence-corrected chi connectivity index (χ1v) is 8.20. The minimum Gasteiger partial charge on any atom is -0.373 e. The first-order chi connectivity index (χ1) is 10.4. The van der Waals surface area contributed by atoms with Crippen molar-refractivity contribution in [2.24, 2.45) is 5.73 Å². The van der Waals surface area contributed by atoms with Gasteiger partial charge in [-0.1, -0.05) is 12.1 Å². The average Bonchev–Trinajstić information content (AvgIpc) is 2.92. The molecule has 1 heterocycles. The SMILES string of the molecule is CCS(=O)(=O)Nc1ccc(-c2n[nH]c(NC)c2C(N)=O)cc1. The van der Waals surface area contributed by atoms with Gasteiger partial charge in [0.1, 0.15) is 17.1 Å². The smallest absolute Gasteiger partial charge is 0.254 e. The summed E-state index contributed by atoms with van der Waals surface area (Å²) in [6.45, 7) is 1.55. The Hall–Kier alpha value is -2.55. The number of anilines is 2. The highest BCUT2D eigenvalue weighted by Gasteiger charge is 2.19. The van der Waals surface area contributed by atoms with E-state index in [1.807, 2.05) is 0 Å². The van der Waals surface area contributed by atoms with Crippen LogP contribution in [0.2, 0.25) is 0 Å². The lowest BCUT2D eigenvalue weighted by Gasteiger charge is -2.07.